The smallest absolute Gasteiger partial charge is 0.196 e. The fraction of sp³-hybridized carbons (Fsp3) is 0.267. The van der Waals surface area contributed by atoms with E-state index in [1.807, 2.05) is 11.0 Å². The minimum absolute atomic E-state index is 0.0572. The van der Waals surface area contributed by atoms with Gasteiger partial charge in [0, 0.05) is 15.4 Å². The second kappa shape index (κ2) is 4.90. The third-order valence-electron chi connectivity index (χ3n) is 3.51. The molecule has 0 saturated carbocycles. The molecule has 0 amide bonds. The Kier molecular flexibility index (Phi) is 3.22. The van der Waals surface area contributed by atoms with Crippen molar-refractivity contribution in [2.24, 2.45) is 10.7 Å². The van der Waals surface area contributed by atoms with Crippen molar-refractivity contribution in [3.05, 3.63) is 51.5 Å². The van der Waals surface area contributed by atoms with Gasteiger partial charge in [-0.1, -0.05) is 6.07 Å². The molecular formula is C15H16FN3S. The molecule has 0 fully saturated rings. The average Bonchev–Trinajstić information content (AvgIpc) is 2.92. The first-order chi connectivity index (χ1) is 9.56. The van der Waals surface area contributed by atoms with Crippen LogP contribution < -0.4 is 10.6 Å². The van der Waals surface area contributed by atoms with E-state index < -0.39 is 0 Å². The highest BCUT2D eigenvalue weighted by Crippen LogP contribution is 2.35. The summed E-state index contributed by atoms with van der Waals surface area (Å²) in [7, 11) is 0. The number of halogens is 1. The summed E-state index contributed by atoms with van der Waals surface area (Å²) in [6, 6.07) is 8.71. The molecule has 2 aromatic rings. The topological polar surface area (TPSA) is 41.6 Å². The summed E-state index contributed by atoms with van der Waals surface area (Å²) in [5, 5.41) is 0. The van der Waals surface area contributed by atoms with Gasteiger partial charge < -0.3 is 10.6 Å². The van der Waals surface area contributed by atoms with Crippen LogP contribution >= 0.6 is 11.3 Å². The number of aryl methyl sites for hydroxylation is 2. The molecule has 1 unspecified atom stereocenters. The number of benzene rings is 1. The molecule has 0 bridgehead atoms. The molecule has 2 N–H and O–H groups in total. The van der Waals surface area contributed by atoms with Gasteiger partial charge in [0.25, 0.3) is 0 Å². The Hall–Kier alpha value is -1.88. The van der Waals surface area contributed by atoms with E-state index in [0.29, 0.717) is 12.5 Å². The van der Waals surface area contributed by atoms with Gasteiger partial charge in [0.15, 0.2) is 5.96 Å². The molecule has 0 radical (unpaired) electrons. The Morgan fingerprint density at radius 2 is 2.15 bits per heavy atom. The van der Waals surface area contributed by atoms with Crippen molar-refractivity contribution in [3.63, 3.8) is 0 Å². The summed E-state index contributed by atoms with van der Waals surface area (Å²) < 4.78 is 13.5. The minimum Gasteiger partial charge on any atom is -0.369 e. The number of aliphatic imine (C=N–C) groups is 1. The maximum atomic E-state index is 13.5. The van der Waals surface area contributed by atoms with Gasteiger partial charge in [0.2, 0.25) is 0 Å². The lowest BCUT2D eigenvalue weighted by atomic mass is 10.1. The van der Waals surface area contributed by atoms with Crippen LogP contribution in [0.4, 0.5) is 10.1 Å². The number of anilines is 1. The molecule has 1 atom stereocenters. The number of hydrogen-bond acceptors (Lipinski definition) is 4. The van der Waals surface area contributed by atoms with Crippen molar-refractivity contribution < 1.29 is 4.39 Å². The fourth-order valence-electron chi connectivity index (χ4n) is 2.65. The van der Waals surface area contributed by atoms with Crippen LogP contribution in [0.3, 0.4) is 0 Å². The van der Waals surface area contributed by atoms with Crippen LogP contribution in [0.1, 0.15) is 21.4 Å². The van der Waals surface area contributed by atoms with Crippen molar-refractivity contribution >= 4 is 23.0 Å². The average molecular weight is 289 g/mol. The zero-order valence-corrected chi connectivity index (χ0v) is 12.2. The van der Waals surface area contributed by atoms with Gasteiger partial charge in [-0.25, -0.2) is 4.39 Å². The van der Waals surface area contributed by atoms with E-state index in [-0.39, 0.29) is 11.9 Å². The molecule has 0 aliphatic carbocycles. The van der Waals surface area contributed by atoms with Crippen LogP contribution in [0.2, 0.25) is 0 Å². The predicted molar refractivity (Wildman–Crippen MR) is 81.9 cm³/mol. The minimum atomic E-state index is -0.265. The lowest BCUT2D eigenvalue weighted by Crippen LogP contribution is -2.36. The van der Waals surface area contributed by atoms with E-state index in [9.17, 15) is 4.39 Å². The van der Waals surface area contributed by atoms with Crippen LogP contribution in [-0.4, -0.2) is 12.5 Å². The van der Waals surface area contributed by atoms with E-state index in [1.165, 1.54) is 27.5 Å². The molecule has 3 nitrogen and oxygen atoms in total. The first-order valence-corrected chi connectivity index (χ1v) is 7.29. The van der Waals surface area contributed by atoms with Crippen LogP contribution in [0.25, 0.3) is 0 Å². The van der Waals surface area contributed by atoms with Crippen LogP contribution in [-0.2, 0) is 0 Å². The van der Waals surface area contributed by atoms with E-state index in [0.717, 1.165) is 5.69 Å². The normalized spacial score (nSPS) is 18.4. The van der Waals surface area contributed by atoms with Gasteiger partial charge >= 0.3 is 0 Å². The predicted octanol–water partition coefficient (Wildman–Crippen LogP) is 3.38. The van der Waals surface area contributed by atoms with E-state index in [1.54, 1.807) is 17.4 Å². The monoisotopic (exact) mass is 289 g/mol. The van der Waals surface area contributed by atoms with Gasteiger partial charge in [-0.2, -0.15) is 0 Å². The number of nitrogens with two attached hydrogens (primary N) is 1. The molecule has 20 heavy (non-hydrogen) atoms. The zero-order chi connectivity index (χ0) is 14.3. The number of thiophene rings is 1. The highest BCUT2D eigenvalue weighted by atomic mass is 32.1. The molecule has 0 saturated heterocycles. The first-order valence-electron chi connectivity index (χ1n) is 6.48. The third-order valence-corrected chi connectivity index (χ3v) is 4.49. The molecule has 2 heterocycles. The second-order valence-corrected chi connectivity index (χ2v) is 6.39. The molecule has 0 spiro atoms. The number of guanidine groups is 1. The molecule has 1 aliphatic heterocycles. The maximum Gasteiger partial charge on any atom is 0.196 e. The van der Waals surface area contributed by atoms with Crippen molar-refractivity contribution in [1.29, 1.82) is 0 Å². The van der Waals surface area contributed by atoms with E-state index in [4.69, 9.17) is 5.73 Å². The first kappa shape index (κ1) is 13.1. The standard InChI is InChI=1S/C15H16FN3S/c1-9-6-13(10(2)20-9)14-8-18-15(17)19(14)12-5-3-4-11(16)7-12/h3-7,14H,8H2,1-2H3,(H2,17,18). The molecular weight excluding hydrogens is 273 g/mol. The number of hydrogen-bond donors (Lipinski definition) is 1. The molecule has 3 rings (SSSR count). The van der Waals surface area contributed by atoms with Crippen LogP contribution in [0.5, 0.6) is 0 Å². The molecule has 1 aliphatic rings. The molecule has 5 heteroatoms. The largest absolute Gasteiger partial charge is 0.369 e. The van der Waals surface area contributed by atoms with Crippen molar-refractivity contribution in [1.82, 2.24) is 0 Å². The van der Waals surface area contributed by atoms with Crippen molar-refractivity contribution in [2.45, 2.75) is 19.9 Å². The number of rotatable bonds is 2. The summed E-state index contributed by atoms with van der Waals surface area (Å²) >= 11 is 1.77. The van der Waals surface area contributed by atoms with Gasteiger partial charge in [0.05, 0.1) is 12.6 Å². The Labute approximate surface area is 121 Å². The summed E-state index contributed by atoms with van der Waals surface area (Å²) in [4.78, 5) is 8.78. The molecule has 1 aromatic heterocycles. The van der Waals surface area contributed by atoms with Gasteiger partial charge in [0.1, 0.15) is 5.82 Å². The highest BCUT2D eigenvalue weighted by molar-refractivity contribution is 7.12. The summed E-state index contributed by atoms with van der Waals surface area (Å²) in [5.74, 6) is 0.183. The van der Waals surface area contributed by atoms with Gasteiger partial charge in [-0.3, -0.25) is 4.99 Å². The van der Waals surface area contributed by atoms with E-state index >= 15 is 0 Å². The van der Waals surface area contributed by atoms with E-state index in [2.05, 4.69) is 24.9 Å². The Morgan fingerprint density at radius 3 is 2.80 bits per heavy atom. The fourth-order valence-corrected chi connectivity index (χ4v) is 3.64. The Bertz CT molecular complexity index is 678. The lowest BCUT2D eigenvalue weighted by Gasteiger charge is -2.26. The summed E-state index contributed by atoms with van der Waals surface area (Å²) in [5.41, 5.74) is 7.97. The van der Waals surface area contributed by atoms with Crippen molar-refractivity contribution in [2.75, 3.05) is 11.4 Å². The second-order valence-electron chi connectivity index (χ2n) is 4.93. The van der Waals surface area contributed by atoms with Gasteiger partial charge in [-0.05, 0) is 43.7 Å². The molecule has 1 aromatic carbocycles. The van der Waals surface area contributed by atoms with Crippen LogP contribution in [0.15, 0.2) is 35.3 Å². The third kappa shape index (κ3) is 2.18. The Morgan fingerprint density at radius 1 is 1.35 bits per heavy atom. The maximum absolute atomic E-state index is 13.5. The van der Waals surface area contributed by atoms with Gasteiger partial charge in [-0.15, -0.1) is 11.3 Å². The molecule has 104 valence electrons. The number of nitrogens with zero attached hydrogens (tertiary/aromatic N) is 2. The Balaban J connectivity index is 2.02. The van der Waals surface area contributed by atoms with Crippen molar-refractivity contribution in [3.8, 4) is 0 Å². The SMILES string of the molecule is Cc1cc(C2CN=C(N)N2c2cccc(F)c2)c(C)s1. The zero-order valence-electron chi connectivity index (χ0n) is 11.4. The summed E-state index contributed by atoms with van der Waals surface area (Å²) in [6.07, 6.45) is 0. The lowest BCUT2D eigenvalue weighted by molar-refractivity contribution is 0.626. The highest BCUT2D eigenvalue weighted by Gasteiger charge is 2.30. The van der Waals surface area contributed by atoms with Crippen LogP contribution in [0, 0.1) is 19.7 Å². The quantitative estimate of drug-likeness (QED) is 0.921. The summed E-state index contributed by atoms with van der Waals surface area (Å²) in [6.45, 7) is 4.80.